The molecule has 1 N–H and O–H groups in total. The molecule has 0 saturated carbocycles. The highest BCUT2D eigenvalue weighted by atomic mass is 35.5. The minimum Gasteiger partial charge on any atom is -0.373 e. The molecule has 0 spiro atoms. The monoisotopic (exact) mass is 243 g/mol. The zero-order valence-electron chi connectivity index (χ0n) is 8.96. The molecule has 1 aromatic carbocycles. The average Bonchev–Trinajstić information content (AvgIpc) is 2.33. The van der Waals surface area contributed by atoms with Crippen LogP contribution < -0.4 is 5.32 Å². The summed E-state index contributed by atoms with van der Waals surface area (Å²) >= 11 is 5.81. The molecule has 1 saturated heterocycles. The fourth-order valence-corrected chi connectivity index (χ4v) is 1.93. The Morgan fingerprint density at radius 1 is 1.38 bits per heavy atom. The molecule has 1 aromatic rings. The van der Waals surface area contributed by atoms with Crippen LogP contribution in [0.3, 0.4) is 0 Å². The Hall–Kier alpha value is -0.640. The molecule has 0 bridgehead atoms. The van der Waals surface area contributed by atoms with E-state index in [-0.39, 0.29) is 12.1 Å². The van der Waals surface area contributed by atoms with Gasteiger partial charge in [-0.05, 0) is 24.1 Å². The molecule has 0 radical (unpaired) electrons. The predicted molar refractivity (Wildman–Crippen MR) is 62.7 cm³/mol. The van der Waals surface area contributed by atoms with Crippen molar-refractivity contribution in [3.8, 4) is 0 Å². The number of morpholine rings is 1. The number of nitrogens with one attached hydrogen (secondary N) is 1. The third-order valence-electron chi connectivity index (χ3n) is 2.73. The first-order valence-corrected chi connectivity index (χ1v) is 5.81. The second-order valence-electron chi connectivity index (χ2n) is 4.05. The molecule has 16 heavy (non-hydrogen) atoms. The van der Waals surface area contributed by atoms with E-state index >= 15 is 0 Å². The summed E-state index contributed by atoms with van der Waals surface area (Å²) in [6.45, 7) is 0.743. The maximum atomic E-state index is 12.3. The number of ether oxygens (including phenoxy) is 1. The smallest absolute Gasteiger partial charge is 0.117 e. The van der Waals surface area contributed by atoms with Crippen molar-refractivity contribution in [1.82, 2.24) is 5.32 Å². The summed E-state index contributed by atoms with van der Waals surface area (Å²) in [5.74, 6) is 0. The van der Waals surface area contributed by atoms with Gasteiger partial charge in [-0.2, -0.15) is 0 Å². The molecule has 2 rings (SSSR count). The van der Waals surface area contributed by atoms with Crippen LogP contribution in [-0.2, 0) is 11.2 Å². The fraction of sp³-hybridized carbons (Fsp3) is 0.500. The zero-order chi connectivity index (χ0) is 11.4. The number of alkyl halides is 1. The summed E-state index contributed by atoms with van der Waals surface area (Å²) in [5.41, 5.74) is 1.21. The van der Waals surface area contributed by atoms with E-state index in [0.29, 0.717) is 13.2 Å². The quantitative estimate of drug-likeness (QED) is 0.879. The summed E-state index contributed by atoms with van der Waals surface area (Å²) in [7, 11) is 0. The molecule has 2 nitrogen and oxygen atoms in total. The largest absolute Gasteiger partial charge is 0.373 e. The first kappa shape index (κ1) is 11.8. The van der Waals surface area contributed by atoms with Crippen molar-refractivity contribution >= 4 is 11.6 Å². The number of hydrogen-bond donors (Lipinski definition) is 1. The maximum Gasteiger partial charge on any atom is 0.117 e. The Bertz CT molecular complexity index is 322. The lowest BCUT2D eigenvalue weighted by Crippen LogP contribution is -2.48. The summed E-state index contributed by atoms with van der Waals surface area (Å²) in [4.78, 5) is 0. The molecule has 0 aliphatic carbocycles. The van der Waals surface area contributed by atoms with Crippen LogP contribution in [0.4, 0.5) is 4.39 Å². The molecule has 88 valence electrons. The second-order valence-corrected chi connectivity index (χ2v) is 4.48. The zero-order valence-corrected chi connectivity index (χ0v) is 9.71. The summed E-state index contributed by atoms with van der Waals surface area (Å²) in [6.07, 6.45) is 0.609. The lowest BCUT2D eigenvalue weighted by Gasteiger charge is -2.29. The Labute approximate surface area is 99.7 Å². The van der Waals surface area contributed by atoms with Gasteiger partial charge in [0, 0.05) is 17.6 Å². The van der Waals surface area contributed by atoms with Crippen LogP contribution in [0.25, 0.3) is 0 Å². The van der Waals surface area contributed by atoms with E-state index < -0.39 is 6.67 Å². The second kappa shape index (κ2) is 5.62. The normalized spacial score (nSPS) is 25.6. The molecule has 1 aliphatic rings. The standard InChI is InChI=1S/C12H15ClFNO/c13-10-3-1-9(2-4-10)5-11-8-16-12(6-14)7-15-11/h1-4,11-12,15H,5-8H2/t11-,12-/m0/s1. The van der Waals surface area contributed by atoms with E-state index in [2.05, 4.69) is 5.32 Å². The Morgan fingerprint density at radius 3 is 2.69 bits per heavy atom. The molecular weight excluding hydrogens is 229 g/mol. The Kier molecular flexibility index (Phi) is 4.16. The van der Waals surface area contributed by atoms with E-state index in [1.54, 1.807) is 0 Å². The van der Waals surface area contributed by atoms with Gasteiger partial charge in [0.25, 0.3) is 0 Å². The van der Waals surface area contributed by atoms with Crippen molar-refractivity contribution in [2.45, 2.75) is 18.6 Å². The van der Waals surface area contributed by atoms with Crippen molar-refractivity contribution in [2.75, 3.05) is 19.8 Å². The predicted octanol–water partition coefficient (Wildman–Crippen LogP) is 2.21. The fourth-order valence-electron chi connectivity index (χ4n) is 1.80. The molecule has 1 heterocycles. The number of rotatable bonds is 3. The molecule has 1 aliphatic heterocycles. The van der Waals surface area contributed by atoms with Gasteiger partial charge in [-0.15, -0.1) is 0 Å². The van der Waals surface area contributed by atoms with Crippen LogP contribution in [-0.4, -0.2) is 32.0 Å². The SMILES string of the molecule is FC[C@H]1CN[C@@H](Cc2ccc(Cl)cc2)CO1. The topological polar surface area (TPSA) is 21.3 Å². The molecule has 2 atom stereocenters. The van der Waals surface area contributed by atoms with Gasteiger partial charge in [0.05, 0.1) is 12.7 Å². The van der Waals surface area contributed by atoms with Crippen molar-refractivity contribution in [3.63, 3.8) is 0 Å². The number of halogens is 2. The van der Waals surface area contributed by atoms with Crippen molar-refractivity contribution in [3.05, 3.63) is 34.9 Å². The van der Waals surface area contributed by atoms with Crippen LogP contribution in [0, 0.1) is 0 Å². The van der Waals surface area contributed by atoms with Gasteiger partial charge >= 0.3 is 0 Å². The first-order valence-electron chi connectivity index (χ1n) is 5.43. The third kappa shape index (κ3) is 3.17. The van der Waals surface area contributed by atoms with Crippen molar-refractivity contribution in [1.29, 1.82) is 0 Å². The van der Waals surface area contributed by atoms with E-state index in [1.165, 1.54) is 5.56 Å². The van der Waals surface area contributed by atoms with Crippen LogP contribution in [0.15, 0.2) is 24.3 Å². The molecule has 1 fully saturated rings. The average molecular weight is 244 g/mol. The summed E-state index contributed by atoms with van der Waals surface area (Å²) < 4.78 is 17.7. The molecule has 0 amide bonds. The first-order chi connectivity index (χ1) is 7.78. The minimum absolute atomic E-state index is 0.268. The minimum atomic E-state index is -0.416. The molecule has 0 unspecified atom stereocenters. The molecular formula is C12H15ClFNO. The number of hydrogen-bond acceptors (Lipinski definition) is 2. The maximum absolute atomic E-state index is 12.3. The highest BCUT2D eigenvalue weighted by Gasteiger charge is 2.20. The van der Waals surface area contributed by atoms with Gasteiger partial charge in [-0.3, -0.25) is 0 Å². The van der Waals surface area contributed by atoms with Gasteiger partial charge in [-0.1, -0.05) is 23.7 Å². The van der Waals surface area contributed by atoms with E-state index in [1.807, 2.05) is 24.3 Å². The van der Waals surface area contributed by atoms with Gasteiger partial charge in [0.15, 0.2) is 0 Å². The van der Waals surface area contributed by atoms with Crippen LogP contribution in [0.5, 0.6) is 0 Å². The Morgan fingerprint density at radius 2 is 2.12 bits per heavy atom. The lowest BCUT2D eigenvalue weighted by atomic mass is 10.1. The molecule has 4 heteroatoms. The van der Waals surface area contributed by atoms with Gasteiger partial charge in [0.2, 0.25) is 0 Å². The van der Waals surface area contributed by atoms with E-state index in [4.69, 9.17) is 16.3 Å². The number of benzene rings is 1. The van der Waals surface area contributed by atoms with Crippen molar-refractivity contribution in [2.24, 2.45) is 0 Å². The summed E-state index contributed by atoms with van der Waals surface area (Å²) in [5, 5.41) is 4.03. The van der Waals surface area contributed by atoms with Gasteiger partial charge < -0.3 is 10.1 Å². The molecule has 0 aromatic heterocycles. The van der Waals surface area contributed by atoms with Crippen LogP contribution in [0.1, 0.15) is 5.56 Å². The summed E-state index contributed by atoms with van der Waals surface area (Å²) in [6, 6.07) is 8.04. The van der Waals surface area contributed by atoms with Gasteiger partial charge in [0.1, 0.15) is 6.67 Å². The highest BCUT2D eigenvalue weighted by Crippen LogP contribution is 2.12. The highest BCUT2D eigenvalue weighted by molar-refractivity contribution is 6.30. The van der Waals surface area contributed by atoms with E-state index in [0.717, 1.165) is 11.4 Å². The van der Waals surface area contributed by atoms with Gasteiger partial charge in [-0.25, -0.2) is 4.39 Å². The van der Waals surface area contributed by atoms with Crippen molar-refractivity contribution < 1.29 is 9.13 Å². The van der Waals surface area contributed by atoms with Crippen LogP contribution >= 0.6 is 11.6 Å². The Balaban J connectivity index is 1.84. The lowest BCUT2D eigenvalue weighted by molar-refractivity contribution is -0.00818. The van der Waals surface area contributed by atoms with E-state index in [9.17, 15) is 4.39 Å². The van der Waals surface area contributed by atoms with Crippen LogP contribution in [0.2, 0.25) is 5.02 Å². The third-order valence-corrected chi connectivity index (χ3v) is 2.99.